The van der Waals surface area contributed by atoms with Crippen LogP contribution in [0.5, 0.6) is 5.75 Å². The number of ether oxygens (including phenoxy) is 3. The van der Waals surface area contributed by atoms with E-state index in [9.17, 15) is 9.59 Å². The van der Waals surface area contributed by atoms with Crippen LogP contribution in [0.15, 0.2) is 56.6 Å². The summed E-state index contributed by atoms with van der Waals surface area (Å²) in [6.45, 7) is 0.706. The number of methoxy groups -OCH3 is 1. The number of fused-ring (bicyclic) bond motifs is 1. The standard InChI is InChI=1S/C24H23ClO6S/c1-28-24(27)14-10-15(11-14)29-8-9-30-21-12-16(32-2)6-7-18(21)22-13-20(26)17-4-3-5-19(25)23(17)31-22/h3-7,12-15H,8-11H2,1-2H3. The largest absolute Gasteiger partial charge is 0.490 e. The van der Waals surface area contributed by atoms with Gasteiger partial charge in [-0.25, -0.2) is 0 Å². The zero-order valence-electron chi connectivity index (χ0n) is 17.8. The molecule has 4 rings (SSSR count). The maximum Gasteiger partial charge on any atom is 0.308 e. The molecule has 0 radical (unpaired) electrons. The first-order valence-electron chi connectivity index (χ1n) is 10.2. The Labute approximate surface area is 194 Å². The van der Waals surface area contributed by atoms with Gasteiger partial charge in [-0.2, -0.15) is 0 Å². The minimum absolute atomic E-state index is 0.0420. The van der Waals surface area contributed by atoms with E-state index in [1.807, 2.05) is 24.5 Å². The van der Waals surface area contributed by atoms with Crippen LogP contribution in [0.1, 0.15) is 12.8 Å². The molecule has 1 fully saturated rings. The highest BCUT2D eigenvalue weighted by atomic mass is 35.5. The van der Waals surface area contributed by atoms with Crippen molar-refractivity contribution in [3.63, 3.8) is 0 Å². The molecule has 0 atom stereocenters. The smallest absolute Gasteiger partial charge is 0.308 e. The Kier molecular flexibility index (Phi) is 7.08. The molecule has 0 aliphatic heterocycles. The van der Waals surface area contributed by atoms with Crippen LogP contribution in [0.4, 0.5) is 0 Å². The highest BCUT2D eigenvalue weighted by Crippen LogP contribution is 2.35. The van der Waals surface area contributed by atoms with Crippen LogP contribution in [0.2, 0.25) is 5.02 Å². The molecular weight excluding hydrogens is 452 g/mol. The van der Waals surface area contributed by atoms with Gasteiger partial charge in [0.05, 0.1) is 41.7 Å². The van der Waals surface area contributed by atoms with Crippen molar-refractivity contribution in [3.05, 3.63) is 57.7 Å². The van der Waals surface area contributed by atoms with Crippen LogP contribution >= 0.6 is 23.4 Å². The average Bonchev–Trinajstić information content (AvgIpc) is 2.77. The Bertz CT molecular complexity index is 1180. The van der Waals surface area contributed by atoms with E-state index in [4.69, 9.17) is 30.2 Å². The summed E-state index contributed by atoms with van der Waals surface area (Å²) >= 11 is 7.84. The minimum Gasteiger partial charge on any atom is -0.490 e. The van der Waals surface area contributed by atoms with Gasteiger partial charge in [0, 0.05) is 11.0 Å². The van der Waals surface area contributed by atoms with Crippen LogP contribution in [-0.4, -0.2) is 38.7 Å². The zero-order valence-corrected chi connectivity index (χ0v) is 19.3. The molecule has 6 nitrogen and oxygen atoms in total. The fraction of sp³-hybridized carbons (Fsp3) is 0.333. The van der Waals surface area contributed by atoms with E-state index >= 15 is 0 Å². The van der Waals surface area contributed by atoms with Crippen LogP contribution in [-0.2, 0) is 14.3 Å². The Morgan fingerprint density at radius 3 is 2.75 bits per heavy atom. The summed E-state index contributed by atoms with van der Waals surface area (Å²) in [5, 5.41) is 0.812. The average molecular weight is 475 g/mol. The summed E-state index contributed by atoms with van der Waals surface area (Å²) in [6, 6.07) is 12.3. The fourth-order valence-electron chi connectivity index (χ4n) is 3.66. The highest BCUT2D eigenvalue weighted by Gasteiger charge is 2.35. The molecule has 1 aliphatic rings. The number of halogens is 1. The number of carbonyl (C=O) groups excluding carboxylic acids is 1. The van der Waals surface area contributed by atoms with Gasteiger partial charge in [0.25, 0.3) is 0 Å². The molecule has 0 N–H and O–H groups in total. The van der Waals surface area contributed by atoms with Gasteiger partial charge in [0.1, 0.15) is 18.1 Å². The molecule has 3 aromatic rings. The van der Waals surface area contributed by atoms with Gasteiger partial charge in [-0.1, -0.05) is 17.7 Å². The van der Waals surface area contributed by atoms with E-state index in [-0.39, 0.29) is 23.4 Å². The Morgan fingerprint density at radius 1 is 1.19 bits per heavy atom. The number of carbonyl (C=O) groups is 1. The molecule has 1 aliphatic carbocycles. The number of hydrogen-bond donors (Lipinski definition) is 0. The Hall–Kier alpha value is -2.48. The third kappa shape index (κ3) is 4.80. The van der Waals surface area contributed by atoms with E-state index in [1.54, 1.807) is 30.0 Å². The predicted molar refractivity (Wildman–Crippen MR) is 125 cm³/mol. The van der Waals surface area contributed by atoms with Crippen LogP contribution in [0.25, 0.3) is 22.3 Å². The van der Waals surface area contributed by atoms with Crippen molar-refractivity contribution in [2.45, 2.75) is 23.8 Å². The van der Waals surface area contributed by atoms with Gasteiger partial charge in [-0.3, -0.25) is 9.59 Å². The van der Waals surface area contributed by atoms with Crippen LogP contribution in [0.3, 0.4) is 0 Å². The summed E-state index contributed by atoms with van der Waals surface area (Å²) in [5.74, 6) is 0.727. The van der Waals surface area contributed by atoms with Gasteiger partial charge in [-0.15, -0.1) is 11.8 Å². The molecule has 0 unspecified atom stereocenters. The zero-order chi connectivity index (χ0) is 22.7. The van der Waals surface area contributed by atoms with E-state index < -0.39 is 0 Å². The van der Waals surface area contributed by atoms with Gasteiger partial charge in [0.2, 0.25) is 0 Å². The number of para-hydroxylation sites is 1. The monoisotopic (exact) mass is 474 g/mol. The molecule has 0 spiro atoms. The molecular formula is C24H23ClO6S. The summed E-state index contributed by atoms with van der Waals surface area (Å²) in [7, 11) is 1.40. The summed E-state index contributed by atoms with van der Waals surface area (Å²) < 4.78 is 22.5. The second kappa shape index (κ2) is 9.98. The molecule has 8 heteroatoms. The summed E-state index contributed by atoms with van der Waals surface area (Å²) in [5.41, 5.74) is 0.846. The van der Waals surface area contributed by atoms with Crippen molar-refractivity contribution < 1.29 is 23.4 Å². The van der Waals surface area contributed by atoms with Gasteiger partial charge in [0.15, 0.2) is 11.0 Å². The van der Waals surface area contributed by atoms with Crippen molar-refractivity contribution in [1.29, 1.82) is 0 Å². The highest BCUT2D eigenvalue weighted by molar-refractivity contribution is 7.98. The number of hydrogen-bond acceptors (Lipinski definition) is 7. The lowest BCUT2D eigenvalue weighted by Crippen LogP contribution is -2.37. The lowest BCUT2D eigenvalue weighted by atomic mass is 9.82. The predicted octanol–water partition coefficient (Wildman–Crippen LogP) is 5.18. The third-order valence-corrected chi connectivity index (χ3v) is 6.51. The van der Waals surface area contributed by atoms with Crippen LogP contribution < -0.4 is 10.2 Å². The van der Waals surface area contributed by atoms with Crippen molar-refractivity contribution in [2.24, 2.45) is 5.92 Å². The summed E-state index contributed by atoms with van der Waals surface area (Å²) in [6.07, 6.45) is 3.36. The SMILES string of the molecule is COC(=O)C1CC(OCCOc2cc(SC)ccc2-c2cc(=O)c3cccc(Cl)c3o2)C1. The molecule has 1 saturated carbocycles. The molecule has 0 amide bonds. The topological polar surface area (TPSA) is 75.0 Å². The van der Waals surface area contributed by atoms with E-state index in [2.05, 4.69) is 0 Å². The quantitative estimate of drug-likeness (QED) is 0.253. The number of thioether (sulfide) groups is 1. The van der Waals surface area contributed by atoms with Crippen molar-refractivity contribution in [2.75, 3.05) is 26.6 Å². The first-order chi connectivity index (χ1) is 15.5. The lowest BCUT2D eigenvalue weighted by molar-refractivity contribution is -0.155. The molecule has 0 bridgehead atoms. The van der Waals surface area contributed by atoms with Gasteiger partial charge >= 0.3 is 5.97 Å². The van der Waals surface area contributed by atoms with E-state index in [1.165, 1.54) is 13.2 Å². The lowest BCUT2D eigenvalue weighted by Gasteiger charge is -2.32. The first-order valence-corrected chi connectivity index (χ1v) is 11.8. The van der Waals surface area contributed by atoms with Crippen molar-refractivity contribution >= 4 is 40.3 Å². The molecule has 1 aromatic heterocycles. The van der Waals surface area contributed by atoms with E-state index in [0.29, 0.717) is 59.1 Å². The molecule has 0 saturated heterocycles. The Morgan fingerprint density at radius 2 is 2.00 bits per heavy atom. The van der Waals surface area contributed by atoms with Gasteiger partial charge in [-0.05, 0) is 49.4 Å². The van der Waals surface area contributed by atoms with E-state index in [0.717, 1.165) is 4.90 Å². The number of rotatable bonds is 8. The Balaban J connectivity index is 1.49. The summed E-state index contributed by atoms with van der Waals surface area (Å²) in [4.78, 5) is 25.1. The minimum atomic E-state index is -0.184. The second-order valence-corrected chi connectivity index (χ2v) is 8.77. The molecule has 168 valence electrons. The molecule has 32 heavy (non-hydrogen) atoms. The number of benzene rings is 2. The third-order valence-electron chi connectivity index (χ3n) is 5.48. The van der Waals surface area contributed by atoms with Crippen LogP contribution in [0, 0.1) is 5.92 Å². The molecule has 2 aromatic carbocycles. The maximum atomic E-state index is 12.6. The second-order valence-electron chi connectivity index (χ2n) is 7.49. The van der Waals surface area contributed by atoms with Crippen molar-refractivity contribution in [1.82, 2.24) is 0 Å². The van der Waals surface area contributed by atoms with Gasteiger partial charge < -0.3 is 18.6 Å². The maximum absolute atomic E-state index is 12.6. The van der Waals surface area contributed by atoms with Crippen molar-refractivity contribution in [3.8, 4) is 17.1 Å². The first kappa shape index (κ1) is 22.7. The normalized spacial score (nSPS) is 17.7. The fourth-order valence-corrected chi connectivity index (χ4v) is 4.30. The molecule has 1 heterocycles. The number of esters is 1.